The largest absolute Gasteiger partial charge is 0.377 e. The van der Waals surface area contributed by atoms with Crippen molar-refractivity contribution in [1.82, 2.24) is 15.0 Å². The van der Waals surface area contributed by atoms with E-state index in [0.717, 1.165) is 37.8 Å². The van der Waals surface area contributed by atoms with Crippen molar-refractivity contribution in [1.29, 1.82) is 0 Å². The molecule has 0 bridgehead atoms. The Labute approximate surface area is 115 Å². The third kappa shape index (κ3) is 3.15. The molecule has 108 valence electrons. The molecule has 2 rings (SSSR count). The van der Waals surface area contributed by atoms with Gasteiger partial charge in [-0.25, -0.2) is 0 Å². The van der Waals surface area contributed by atoms with Crippen LogP contribution >= 0.6 is 0 Å². The van der Waals surface area contributed by atoms with E-state index in [0.29, 0.717) is 5.41 Å². The second-order valence-corrected chi connectivity index (χ2v) is 6.63. The molecule has 2 N–H and O–H groups in total. The minimum absolute atomic E-state index is 0.0229. The second-order valence-electron chi connectivity index (χ2n) is 6.63. The molecule has 1 aliphatic rings. The summed E-state index contributed by atoms with van der Waals surface area (Å²) in [5.74, 6) is 0. The minimum atomic E-state index is -0.201. The Morgan fingerprint density at radius 3 is 2.47 bits per heavy atom. The normalized spacial score (nSPS) is 23.2. The van der Waals surface area contributed by atoms with E-state index in [-0.39, 0.29) is 11.6 Å². The molecular formula is C14H26N4O. The van der Waals surface area contributed by atoms with Gasteiger partial charge in [0.25, 0.3) is 0 Å². The zero-order valence-electron chi connectivity index (χ0n) is 12.5. The van der Waals surface area contributed by atoms with Crippen LogP contribution in [0.4, 0.5) is 0 Å². The van der Waals surface area contributed by atoms with Gasteiger partial charge in [0.2, 0.25) is 0 Å². The first kappa shape index (κ1) is 14.5. The van der Waals surface area contributed by atoms with Crippen LogP contribution in [0.2, 0.25) is 0 Å². The van der Waals surface area contributed by atoms with Crippen LogP contribution in [0.3, 0.4) is 0 Å². The SMILES string of the molecule is COC1(C(N)Cc2cn(C)nn2)CCC(C)(C)CC1. The highest BCUT2D eigenvalue weighted by Gasteiger charge is 2.42. The van der Waals surface area contributed by atoms with Crippen LogP contribution in [-0.4, -0.2) is 33.7 Å². The fourth-order valence-corrected chi connectivity index (χ4v) is 2.98. The molecule has 1 aromatic heterocycles. The Balaban J connectivity index is 2.05. The zero-order valence-corrected chi connectivity index (χ0v) is 12.5. The average Bonchev–Trinajstić information content (AvgIpc) is 2.75. The Bertz CT molecular complexity index is 417. The molecule has 1 atom stereocenters. The van der Waals surface area contributed by atoms with Gasteiger partial charge < -0.3 is 10.5 Å². The van der Waals surface area contributed by atoms with Crippen LogP contribution in [-0.2, 0) is 18.2 Å². The molecule has 0 radical (unpaired) electrons. The van der Waals surface area contributed by atoms with Crippen LogP contribution in [0.25, 0.3) is 0 Å². The summed E-state index contributed by atoms with van der Waals surface area (Å²) >= 11 is 0. The lowest BCUT2D eigenvalue weighted by atomic mass is 9.68. The topological polar surface area (TPSA) is 66.0 Å². The van der Waals surface area contributed by atoms with Crippen molar-refractivity contribution in [2.45, 2.75) is 57.6 Å². The molecule has 1 aromatic rings. The summed E-state index contributed by atoms with van der Waals surface area (Å²) in [6.07, 6.45) is 7.03. The van der Waals surface area contributed by atoms with E-state index in [1.165, 1.54) is 0 Å². The summed E-state index contributed by atoms with van der Waals surface area (Å²) in [6, 6.07) is -0.0229. The van der Waals surface area contributed by atoms with Gasteiger partial charge in [0.05, 0.1) is 11.3 Å². The fourth-order valence-electron chi connectivity index (χ4n) is 2.98. The summed E-state index contributed by atoms with van der Waals surface area (Å²) in [5.41, 5.74) is 7.57. The van der Waals surface area contributed by atoms with Gasteiger partial charge >= 0.3 is 0 Å². The van der Waals surface area contributed by atoms with Crippen molar-refractivity contribution in [2.75, 3.05) is 7.11 Å². The predicted octanol–water partition coefficient (Wildman–Crippen LogP) is 1.67. The zero-order chi connectivity index (χ0) is 14.1. The molecule has 1 unspecified atom stereocenters. The highest BCUT2D eigenvalue weighted by molar-refractivity contribution is 5.04. The maximum atomic E-state index is 6.42. The summed E-state index contributed by atoms with van der Waals surface area (Å²) in [7, 11) is 3.66. The molecule has 19 heavy (non-hydrogen) atoms. The first-order valence-electron chi connectivity index (χ1n) is 7.03. The molecule has 5 heteroatoms. The molecule has 0 saturated heterocycles. The van der Waals surface area contributed by atoms with Gasteiger partial charge in [-0.1, -0.05) is 19.1 Å². The van der Waals surface area contributed by atoms with E-state index in [1.54, 1.807) is 11.8 Å². The molecule has 1 fully saturated rings. The van der Waals surface area contributed by atoms with E-state index in [9.17, 15) is 0 Å². The third-order valence-electron chi connectivity index (χ3n) is 4.61. The molecular weight excluding hydrogens is 240 g/mol. The predicted molar refractivity (Wildman–Crippen MR) is 74.7 cm³/mol. The molecule has 0 aromatic carbocycles. The van der Waals surface area contributed by atoms with Gasteiger partial charge in [-0.05, 0) is 31.1 Å². The molecule has 0 spiro atoms. The number of hydrogen-bond acceptors (Lipinski definition) is 4. The first-order chi connectivity index (χ1) is 8.87. The number of methoxy groups -OCH3 is 1. The Morgan fingerprint density at radius 1 is 1.37 bits per heavy atom. The van der Waals surface area contributed by atoms with Gasteiger partial charge in [-0.2, -0.15) is 0 Å². The Morgan fingerprint density at radius 2 is 2.00 bits per heavy atom. The summed E-state index contributed by atoms with van der Waals surface area (Å²) in [4.78, 5) is 0. The highest BCUT2D eigenvalue weighted by atomic mass is 16.5. The van der Waals surface area contributed by atoms with Crippen molar-refractivity contribution in [2.24, 2.45) is 18.2 Å². The van der Waals surface area contributed by atoms with E-state index in [4.69, 9.17) is 10.5 Å². The quantitative estimate of drug-likeness (QED) is 0.900. The lowest BCUT2D eigenvalue weighted by Crippen LogP contribution is -2.53. The number of aromatic nitrogens is 3. The van der Waals surface area contributed by atoms with Crippen LogP contribution in [0.1, 0.15) is 45.2 Å². The number of ether oxygens (including phenoxy) is 1. The van der Waals surface area contributed by atoms with E-state index in [2.05, 4.69) is 24.2 Å². The Hall–Kier alpha value is -0.940. The number of hydrogen-bond donors (Lipinski definition) is 1. The maximum absolute atomic E-state index is 6.42. The van der Waals surface area contributed by atoms with Gasteiger partial charge in [-0.15, -0.1) is 5.10 Å². The minimum Gasteiger partial charge on any atom is -0.377 e. The number of nitrogens with zero attached hydrogens (tertiary/aromatic N) is 3. The second kappa shape index (κ2) is 5.21. The highest BCUT2D eigenvalue weighted by Crippen LogP contribution is 2.43. The van der Waals surface area contributed by atoms with Crippen LogP contribution < -0.4 is 5.73 Å². The summed E-state index contributed by atoms with van der Waals surface area (Å²) in [6.45, 7) is 4.64. The molecule has 0 aliphatic heterocycles. The van der Waals surface area contributed by atoms with E-state index in [1.807, 2.05) is 13.2 Å². The number of aryl methyl sites for hydroxylation is 1. The standard InChI is InChI=1S/C14H26N4O/c1-13(2)5-7-14(19-4,8-6-13)12(15)9-11-10-18(3)17-16-11/h10,12H,5-9,15H2,1-4H3. The fraction of sp³-hybridized carbons (Fsp3) is 0.857. The molecule has 1 saturated carbocycles. The molecule has 1 heterocycles. The van der Waals surface area contributed by atoms with Gasteiger partial charge in [0.1, 0.15) is 0 Å². The summed E-state index contributed by atoms with van der Waals surface area (Å²) in [5, 5.41) is 8.08. The van der Waals surface area contributed by atoms with Gasteiger partial charge in [-0.3, -0.25) is 4.68 Å². The third-order valence-corrected chi connectivity index (χ3v) is 4.61. The maximum Gasteiger partial charge on any atom is 0.0843 e. The van der Waals surface area contributed by atoms with Crippen LogP contribution in [0.5, 0.6) is 0 Å². The monoisotopic (exact) mass is 266 g/mol. The van der Waals surface area contributed by atoms with Gasteiger partial charge in [0.15, 0.2) is 0 Å². The van der Waals surface area contributed by atoms with E-state index >= 15 is 0 Å². The molecule has 5 nitrogen and oxygen atoms in total. The number of nitrogens with two attached hydrogens (primary N) is 1. The van der Waals surface area contributed by atoms with Crippen molar-refractivity contribution < 1.29 is 4.74 Å². The van der Waals surface area contributed by atoms with Crippen molar-refractivity contribution >= 4 is 0 Å². The van der Waals surface area contributed by atoms with Crippen molar-refractivity contribution in [3.8, 4) is 0 Å². The summed E-state index contributed by atoms with van der Waals surface area (Å²) < 4.78 is 7.55. The van der Waals surface area contributed by atoms with E-state index < -0.39 is 0 Å². The lowest BCUT2D eigenvalue weighted by Gasteiger charge is -2.45. The molecule has 1 aliphatic carbocycles. The molecule has 0 amide bonds. The number of rotatable bonds is 4. The van der Waals surface area contributed by atoms with Gasteiger partial charge in [0, 0.05) is 32.8 Å². The smallest absolute Gasteiger partial charge is 0.0843 e. The lowest BCUT2D eigenvalue weighted by molar-refractivity contribution is -0.0782. The van der Waals surface area contributed by atoms with Crippen molar-refractivity contribution in [3.05, 3.63) is 11.9 Å². The van der Waals surface area contributed by atoms with Crippen LogP contribution in [0, 0.1) is 5.41 Å². The average molecular weight is 266 g/mol. The van der Waals surface area contributed by atoms with Crippen LogP contribution in [0.15, 0.2) is 6.20 Å². The Kier molecular flexibility index (Phi) is 3.97. The van der Waals surface area contributed by atoms with Crippen molar-refractivity contribution in [3.63, 3.8) is 0 Å². The first-order valence-corrected chi connectivity index (χ1v) is 7.03.